The molecular formula is C23H25N3O5S. The predicted octanol–water partition coefficient (Wildman–Crippen LogP) is 2.81. The van der Waals surface area contributed by atoms with Crippen LogP contribution in [0.2, 0.25) is 0 Å². The van der Waals surface area contributed by atoms with Crippen molar-refractivity contribution in [3.05, 3.63) is 77.4 Å². The number of sulfonamides is 1. The maximum absolute atomic E-state index is 12.9. The molecule has 168 valence electrons. The van der Waals surface area contributed by atoms with E-state index in [1.807, 2.05) is 12.1 Å². The maximum Gasteiger partial charge on any atom is 0.322 e. The second-order valence-electron chi connectivity index (χ2n) is 7.44. The lowest BCUT2D eigenvalue weighted by Crippen LogP contribution is -2.42. The number of nitrogen functional groups attached to an aromatic ring is 1. The fourth-order valence-corrected chi connectivity index (χ4v) is 4.67. The van der Waals surface area contributed by atoms with Gasteiger partial charge in [-0.2, -0.15) is 4.72 Å². The van der Waals surface area contributed by atoms with E-state index in [9.17, 15) is 18.3 Å². The first-order valence-corrected chi connectivity index (χ1v) is 11.3. The van der Waals surface area contributed by atoms with Crippen molar-refractivity contribution in [3.8, 4) is 0 Å². The highest BCUT2D eigenvalue weighted by Crippen LogP contribution is 2.23. The van der Waals surface area contributed by atoms with Gasteiger partial charge in [0.25, 0.3) is 0 Å². The van der Waals surface area contributed by atoms with Crippen LogP contribution in [-0.2, 0) is 26.0 Å². The Morgan fingerprint density at radius 3 is 2.44 bits per heavy atom. The second-order valence-corrected chi connectivity index (χ2v) is 9.15. The molecule has 5 N–H and O–H groups in total. The Morgan fingerprint density at radius 1 is 1.12 bits per heavy atom. The van der Waals surface area contributed by atoms with Crippen molar-refractivity contribution in [2.75, 3.05) is 7.11 Å². The Bertz CT molecular complexity index is 1270. The van der Waals surface area contributed by atoms with Crippen molar-refractivity contribution in [3.63, 3.8) is 0 Å². The van der Waals surface area contributed by atoms with Gasteiger partial charge >= 0.3 is 5.97 Å². The molecule has 2 atom stereocenters. The molecule has 0 aliphatic heterocycles. The Hall–Kier alpha value is -3.27. The molecule has 0 amide bonds. The van der Waals surface area contributed by atoms with Crippen molar-refractivity contribution < 1.29 is 23.1 Å². The molecule has 0 radical (unpaired) electrons. The number of aliphatic carboxylic acids is 1. The number of amidine groups is 1. The molecule has 0 heterocycles. The van der Waals surface area contributed by atoms with Gasteiger partial charge in [-0.05, 0) is 53.4 Å². The molecule has 3 rings (SSSR count). The largest absolute Gasteiger partial charge is 0.480 e. The van der Waals surface area contributed by atoms with Gasteiger partial charge in [0.1, 0.15) is 11.9 Å². The van der Waals surface area contributed by atoms with Crippen LogP contribution in [0, 0.1) is 5.41 Å². The van der Waals surface area contributed by atoms with Crippen molar-refractivity contribution in [2.45, 2.75) is 30.4 Å². The Labute approximate surface area is 186 Å². The third kappa shape index (κ3) is 5.13. The monoisotopic (exact) mass is 455 g/mol. The summed E-state index contributed by atoms with van der Waals surface area (Å²) in [7, 11) is -2.55. The molecule has 0 aliphatic rings. The number of nitrogens with two attached hydrogens (primary N) is 1. The van der Waals surface area contributed by atoms with E-state index in [-0.39, 0.29) is 23.3 Å². The lowest BCUT2D eigenvalue weighted by Gasteiger charge is -2.18. The van der Waals surface area contributed by atoms with E-state index < -0.39 is 22.0 Å². The average Bonchev–Trinajstić information content (AvgIpc) is 2.77. The fourth-order valence-electron chi connectivity index (χ4n) is 3.45. The lowest BCUT2D eigenvalue weighted by atomic mass is 9.96. The topological polar surface area (TPSA) is 143 Å². The quantitative estimate of drug-likeness (QED) is 0.289. The SMILES string of the molecule is COC(C)c1ccc(C[C@H](NS(=O)(=O)c2ccc3ccccc3c2)C(=O)O)cc1C(=N)N. The number of rotatable bonds is 9. The van der Waals surface area contributed by atoms with E-state index >= 15 is 0 Å². The molecule has 9 heteroatoms. The highest BCUT2D eigenvalue weighted by atomic mass is 32.2. The lowest BCUT2D eigenvalue weighted by molar-refractivity contribution is -0.138. The molecule has 0 aliphatic carbocycles. The third-order valence-electron chi connectivity index (χ3n) is 5.27. The number of methoxy groups -OCH3 is 1. The average molecular weight is 456 g/mol. The number of carbonyl (C=O) groups is 1. The number of fused-ring (bicyclic) bond motifs is 1. The van der Waals surface area contributed by atoms with Gasteiger partial charge in [-0.3, -0.25) is 10.2 Å². The van der Waals surface area contributed by atoms with Gasteiger partial charge in [-0.15, -0.1) is 0 Å². The van der Waals surface area contributed by atoms with E-state index in [1.54, 1.807) is 43.3 Å². The Balaban J connectivity index is 1.89. The van der Waals surface area contributed by atoms with Gasteiger partial charge in [0.05, 0.1) is 11.0 Å². The number of carboxylic acids is 1. The van der Waals surface area contributed by atoms with Crippen LogP contribution in [0.15, 0.2) is 65.6 Å². The van der Waals surface area contributed by atoms with Crippen LogP contribution in [0.3, 0.4) is 0 Å². The van der Waals surface area contributed by atoms with Gasteiger partial charge in [-0.25, -0.2) is 8.42 Å². The number of hydrogen-bond acceptors (Lipinski definition) is 5. The summed E-state index contributed by atoms with van der Waals surface area (Å²) in [6.07, 6.45) is -0.436. The van der Waals surface area contributed by atoms with E-state index in [2.05, 4.69) is 4.72 Å². The molecule has 0 bridgehead atoms. The summed E-state index contributed by atoms with van der Waals surface area (Å²) >= 11 is 0. The van der Waals surface area contributed by atoms with Crippen molar-refractivity contribution in [2.24, 2.45) is 5.73 Å². The fraction of sp³-hybridized carbons (Fsp3) is 0.217. The third-order valence-corrected chi connectivity index (χ3v) is 6.74. The first kappa shape index (κ1) is 23.4. The second kappa shape index (κ2) is 9.47. The van der Waals surface area contributed by atoms with Gasteiger partial charge in [0, 0.05) is 12.7 Å². The molecule has 0 fully saturated rings. The molecule has 1 unspecified atom stereocenters. The van der Waals surface area contributed by atoms with E-state index in [0.717, 1.165) is 10.8 Å². The van der Waals surface area contributed by atoms with E-state index in [4.69, 9.17) is 15.9 Å². The number of nitrogens with one attached hydrogen (secondary N) is 2. The summed E-state index contributed by atoms with van der Waals surface area (Å²) in [6.45, 7) is 1.80. The summed E-state index contributed by atoms with van der Waals surface area (Å²) < 4.78 is 33.4. The van der Waals surface area contributed by atoms with Crippen molar-refractivity contribution in [1.82, 2.24) is 4.72 Å². The van der Waals surface area contributed by atoms with Crippen LogP contribution in [-0.4, -0.2) is 38.5 Å². The Morgan fingerprint density at radius 2 is 1.81 bits per heavy atom. The minimum atomic E-state index is -4.09. The van der Waals surface area contributed by atoms with Gasteiger partial charge in [-0.1, -0.05) is 42.5 Å². The standard InChI is InChI=1S/C23H25N3O5S/c1-14(31-2)19-10-7-15(11-20(19)22(24)25)12-21(23(27)28)26-32(29,30)18-9-8-16-5-3-4-6-17(16)13-18/h3-11,13-14,21,26H,12H2,1-2H3,(H3,24,25)(H,27,28)/t14?,21-/m0/s1. The molecular weight excluding hydrogens is 430 g/mol. The van der Waals surface area contributed by atoms with Crippen molar-refractivity contribution >= 4 is 32.6 Å². The first-order valence-electron chi connectivity index (χ1n) is 9.86. The zero-order valence-corrected chi connectivity index (χ0v) is 18.5. The summed E-state index contributed by atoms with van der Waals surface area (Å²) in [4.78, 5) is 11.8. The highest BCUT2D eigenvalue weighted by Gasteiger charge is 2.26. The molecule has 0 aromatic heterocycles. The van der Waals surface area contributed by atoms with Crippen molar-refractivity contribution in [1.29, 1.82) is 5.41 Å². The zero-order chi connectivity index (χ0) is 23.5. The van der Waals surface area contributed by atoms with Crippen LogP contribution >= 0.6 is 0 Å². The van der Waals surface area contributed by atoms with Crippen LogP contribution < -0.4 is 10.5 Å². The Kier molecular flexibility index (Phi) is 6.93. The van der Waals surface area contributed by atoms with Gasteiger partial charge < -0.3 is 15.6 Å². The summed E-state index contributed by atoms with van der Waals surface area (Å²) in [6, 6.07) is 15.5. The molecule has 3 aromatic carbocycles. The molecule has 3 aromatic rings. The minimum absolute atomic E-state index is 0.0175. The van der Waals surface area contributed by atoms with E-state index in [1.165, 1.54) is 19.2 Å². The molecule has 0 spiro atoms. The zero-order valence-electron chi connectivity index (χ0n) is 17.7. The molecule has 0 saturated carbocycles. The highest BCUT2D eigenvalue weighted by molar-refractivity contribution is 7.89. The van der Waals surface area contributed by atoms with Gasteiger partial charge in [0.15, 0.2) is 0 Å². The summed E-state index contributed by atoms with van der Waals surface area (Å²) in [5.41, 5.74) is 7.32. The number of ether oxygens (including phenoxy) is 1. The maximum atomic E-state index is 12.9. The number of hydrogen-bond donors (Lipinski definition) is 4. The normalized spacial score (nSPS) is 13.6. The van der Waals surface area contributed by atoms with Crippen LogP contribution in [0.25, 0.3) is 10.8 Å². The van der Waals surface area contributed by atoms with Gasteiger partial charge in [0.2, 0.25) is 10.0 Å². The molecule has 8 nitrogen and oxygen atoms in total. The van der Waals surface area contributed by atoms with E-state index in [0.29, 0.717) is 16.7 Å². The predicted molar refractivity (Wildman–Crippen MR) is 122 cm³/mol. The van der Waals surface area contributed by atoms with Crippen LogP contribution in [0.1, 0.15) is 29.7 Å². The molecule has 0 saturated heterocycles. The summed E-state index contributed by atoms with van der Waals surface area (Å²) in [5, 5.41) is 19.1. The molecule has 32 heavy (non-hydrogen) atoms. The smallest absolute Gasteiger partial charge is 0.322 e. The minimum Gasteiger partial charge on any atom is -0.480 e. The summed E-state index contributed by atoms with van der Waals surface area (Å²) in [5.74, 6) is -1.50. The van der Waals surface area contributed by atoms with Crippen LogP contribution in [0.4, 0.5) is 0 Å². The number of benzene rings is 3. The first-order chi connectivity index (χ1) is 15.1. The number of carboxylic acid groups (broad SMARTS) is 1. The van der Waals surface area contributed by atoms with Crippen LogP contribution in [0.5, 0.6) is 0 Å².